The molecule has 3 heteroatoms. The van der Waals surface area contributed by atoms with Crippen molar-refractivity contribution in [3.8, 4) is 0 Å². The first kappa shape index (κ1) is 13.1. The van der Waals surface area contributed by atoms with Crippen LogP contribution in [0.1, 0.15) is 43.7 Å². The fourth-order valence-corrected chi connectivity index (χ4v) is 2.44. The molecule has 1 aromatic carbocycles. The van der Waals surface area contributed by atoms with Gasteiger partial charge in [-0.1, -0.05) is 25.1 Å². The number of nitrogens with two attached hydrogens (primary N) is 1. The van der Waals surface area contributed by atoms with E-state index in [4.69, 9.17) is 15.9 Å². The standard InChI is InChI=1S/C15H22N2O/c1-11-5-7-14(8-6-11)18-10-12-3-2-4-13(9-12)15(16)17/h2-4,9,11,14H,5-8,10H2,1H3,(H3,16,17). The summed E-state index contributed by atoms with van der Waals surface area (Å²) in [5.41, 5.74) is 7.35. The van der Waals surface area contributed by atoms with Crippen LogP contribution in [0.25, 0.3) is 0 Å². The maximum atomic E-state index is 7.42. The van der Waals surface area contributed by atoms with E-state index in [0.29, 0.717) is 12.7 Å². The maximum Gasteiger partial charge on any atom is 0.122 e. The molecule has 0 aliphatic heterocycles. The lowest BCUT2D eigenvalue weighted by Gasteiger charge is -2.26. The Kier molecular flexibility index (Phi) is 4.37. The Bertz CT molecular complexity index is 409. The molecule has 0 radical (unpaired) electrons. The van der Waals surface area contributed by atoms with Crippen LogP contribution in [-0.2, 0) is 11.3 Å². The molecule has 0 aromatic heterocycles. The smallest absolute Gasteiger partial charge is 0.122 e. The molecule has 1 aliphatic carbocycles. The van der Waals surface area contributed by atoms with Gasteiger partial charge in [0.25, 0.3) is 0 Å². The molecule has 0 saturated heterocycles. The first-order valence-electron chi connectivity index (χ1n) is 6.70. The second-order valence-corrected chi connectivity index (χ2v) is 5.31. The van der Waals surface area contributed by atoms with Crippen molar-refractivity contribution in [1.29, 1.82) is 5.41 Å². The van der Waals surface area contributed by atoms with Crippen LogP contribution in [0.2, 0.25) is 0 Å². The van der Waals surface area contributed by atoms with Gasteiger partial charge in [-0.05, 0) is 43.2 Å². The summed E-state index contributed by atoms with van der Waals surface area (Å²) in [6, 6.07) is 7.75. The van der Waals surface area contributed by atoms with Gasteiger partial charge in [0.1, 0.15) is 5.84 Å². The zero-order valence-electron chi connectivity index (χ0n) is 11.0. The van der Waals surface area contributed by atoms with Crippen LogP contribution in [-0.4, -0.2) is 11.9 Å². The van der Waals surface area contributed by atoms with E-state index in [1.807, 2.05) is 24.3 Å². The van der Waals surface area contributed by atoms with Crippen molar-refractivity contribution in [2.24, 2.45) is 11.7 Å². The Morgan fingerprint density at radius 2 is 2.06 bits per heavy atom. The second-order valence-electron chi connectivity index (χ2n) is 5.31. The van der Waals surface area contributed by atoms with Crippen molar-refractivity contribution in [1.82, 2.24) is 0 Å². The van der Waals surface area contributed by atoms with E-state index in [-0.39, 0.29) is 5.84 Å². The highest BCUT2D eigenvalue weighted by Crippen LogP contribution is 2.26. The van der Waals surface area contributed by atoms with Gasteiger partial charge in [0.15, 0.2) is 0 Å². The van der Waals surface area contributed by atoms with Gasteiger partial charge in [-0.2, -0.15) is 0 Å². The van der Waals surface area contributed by atoms with Crippen molar-refractivity contribution in [3.05, 3.63) is 35.4 Å². The summed E-state index contributed by atoms with van der Waals surface area (Å²) >= 11 is 0. The fraction of sp³-hybridized carbons (Fsp3) is 0.533. The van der Waals surface area contributed by atoms with Gasteiger partial charge in [0.05, 0.1) is 12.7 Å². The first-order chi connectivity index (χ1) is 8.65. The Morgan fingerprint density at radius 1 is 1.33 bits per heavy atom. The van der Waals surface area contributed by atoms with E-state index in [1.54, 1.807) is 0 Å². The average Bonchev–Trinajstić information content (AvgIpc) is 2.38. The lowest BCUT2D eigenvalue weighted by molar-refractivity contribution is 0.00877. The first-order valence-corrected chi connectivity index (χ1v) is 6.70. The highest BCUT2D eigenvalue weighted by molar-refractivity contribution is 5.95. The molecule has 1 aromatic rings. The molecule has 3 N–H and O–H groups in total. The van der Waals surface area contributed by atoms with Crippen LogP contribution in [0.4, 0.5) is 0 Å². The van der Waals surface area contributed by atoms with Gasteiger partial charge in [-0.15, -0.1) is 0 Å². The van der Waals surface area contributed by atoms with E-state index in [1.165, 1.54) is 25.7 Å². The monoisotopic (exact) mass is 246 g/mol. The van der Waals surface area contributed by atoms with Gasteiger partial charge in [0.2, 0.25) is 0 Å². The van der Waals surface area contributed by atoms with Crippen LogP contribution in [0, 0.1) is 11.3 Å². The van der Waals surface area contributed by atoms with Crippen molar-refractivity contribution in [3.63, 3.8) is 0 Å². The summed E-state index contributed by atoms with van der Waals surface area (Å²) in [5.74, 6) is 0.967. The van der Waals surface area contributed by atoms with Crippen LogP contribution >= 0.6 is 0 Å². The van der Waals surface area contributed by atoms with E-state index in [2.05, 4.69) is 6.92 Å². The third-order valence-electron chi connectivity index (χ3n) is 3.69. The fourth-order valence-electron chi connectivity index (χ4n) is 2.44. The Hall–Kier alpha value is -1.35. The molecular weight excluding hydrogens is 224 g/mol. The number of benzene rings is 1. The minimum atomic E-state index is 0.114. The summed E-state index contributed by atoms with van der Waals surface area (Å²) in [5, 5.41) is 7.42. The molecule has 0 unspecified atom stereocenters. The van der Waals surface area contributed by atoms with Crippen molar-refractivity contribution in [2.45, 2.75) is 45.3 Å². The molecule has 0 bridgehead atoms. The summed E-state index contributed by atoms with van der Waals surface area (Å²) in [4.78, 5) is 0. The summed E-state index contributed by atoms with van der Waals surface area (Å²) < 4.78 is 5.94. The lowest BCUT2D eigenvalue weighted by atomic mass is 9.89. The molecule has 0 atom stereocenters. The topological polar surface area (TPSA) is 59.1 Å². The second kappa shape index (κ2) is 6.01. The number of rotatable bonds is 4. The van der Waals surface area contributed by atoms with Gasteiger partial charge in [0, 0.05) is 5.56 Å². The van der Waals surface area contributed by atoms with E-state index < -0.39 is 0 Å². The number of amidine groups is 1. The summed E-state index contributed by atoms with van der Waals surface area (Å²) in [6.45, 7) is 2.94. The number of nitrogens with one attached hydrogen (secondary N) is 1. The summed E-state index contributed by atoms with van der Waals surface area (Å²) in [6.07, 6.45) is 5.31. The number of hydrogen-bond donors (Lipinski definition) is 2. The molecule has 1 aliphatic rings. The van der Waals surface area contributed by atoms with Crippen LogP contribution in [0.3, 0.4) is 0 Å². The molecule has 1 saturated carbocycles. The van der Waals surface area contributed by atoms with Crippen molar-refractivity contribution in [2.75, 3.05) is 0 Å². The Labute approximate surface area is 109 Å². The quantitative estimate of drug-likeness (QED) is 0.633. The van der Waals surface area contributed by atoms with E-state index >= 15 is 0 Å². The largest absolute Gasteiger partial charge is 0.384 e. The van der Waals surface area contributed by atoms with Crippen molar-refractivity contribution < 1.29 is 4.74 Å². The zero-order chi connectivity index (χ0) is 13.0. The van der Waals surface area contributed by atoms with Gasteiger partial charge >= 0.3 is 0 Å². The summed E-state index contributed by atoms with van der Waals surface area (Å²) in [7, 11) is 0. The number of ether oxygens (including phenoxy) is 1. The molecule has 0 heterocycles. The Balaban J connectivity index is 1.86. The zero-order valence-corrected chi connectivity index (χ0v) is 11.0. The van der Waals surface area contributed by atoms with Crippen LogP contribution in [0.15, 0.2) is 24.3 Å². The maximum absolute atomic E-state index is 7.42. The van der Waals surface area contributed by atoms with E-state index in [9.17, 15) is 0 Å². The molecule has 98 valence electrons. The molecule has 18 heavy (non-hydrogen) atoms. The Morgan fingerprint density at radius 3 is 2.72 bits per heavy atom. The lowest BCUT2D eigenvalue weighted by Crippen LogP contribution is -2.20. The van der Waals surface area contributed by atoms with Gasteiger partial charge in [-0.3, -0.25) is 5.41 Å². The molecule has 0 amide bonds. The third-order valence-corrected chi connectivity index (χ3v) is 3.69. The molecule has 3 nitrogen and oxygen atoms in total. The number of hydrogen-bond acceptors (Lipinski definition) is 2. The minimum Gasteiger partial charge on any atom is -0.384 e. The molecule has 2 rings (SSSR count). The highest BCUT2D eigenvalue weighted by Gasteiger charge is 2.18. The SMILES string of the molecule is CC1CCC(OCc2cccc(C(=N)N)c2)CC1. The normalized spacial score (nSPS) is 23.8. The predicted octanol–water partition coefficient (Wildman–Crippen LogP) is 3.07. The van der Waals surface area contributed by atoms with Crippen LogP contribution in [0.5, 0.6) is 0 Å². The molecule has 1 fully saturated rings. The average molecular weight is 246 g/mol. The highest BCUT2D eigenvalue weighted by atomic mass is 16.5. The van der Waals surface area contributed by atoms with Gasteiger partial charge < -0.3 is 10.5 Å². The van der Waals surface area contributed by atoms with E-state index in [0.717, 1.165) is 17.0 Å². The van der Waals surface area contributed by atoms with Gasteiger partial charge in [-0.25, -0.2) is 0 Å². The minimum absolute atomic E-state index is 0.114. The van der Waals surface area contributed by atoms with Crippen molar-refractivity contribution >= 4 is 5.84 Å². The number of nitrogen functional groups attached to an aromatic ring is 1. The predicted molar refractivity (Wildman–Crippen MR) is 73.7 cm³/mol. The van der Waals surface area contributed by atoms with Crippen LogP contribution < -0.4 is 5.73 Å². The molecular formula is C15H22N2O. The third kappa shape index (κ3) is 3.57. The molecule has 0 spiro atoms.